The number of aromatic nitrogens is 2. The summed E-state index contributed by atoms with van der Waals surface area (Å²) in [4.78, 5) is 14.4. The normalized spacial score (nSPS) is 15.1. The second kappa shape index (κ2) is 9.54. The first kappa shape index (κ1) is 23.3. The Morgan fingerprint density at radius 2 is 1.73 bits per heavy atom. The highest BCUT2D eigenvalue weighted by atomic mass is 35.5. The summed E-state index contributed by atoms with van der Waals surface area (Å²) in [6.45, 7) is 0.968. The average Bonchev–Trinajstić information content (AvgIpc) is 3.33. The van der Waals surface area contributed by atoms with Gasteiger partial charge in [-0.15, -0.1) is 0 Å². The minimum atomic E-state index is -3.85. The van der Waals surface area contributed by atoms with Gasteiger partial charge in [-0.1, -0.05) is 17.7 Å². The van der Waals surface area contributed by atoms with Crippen molar-refractivity contribution >= 4 is 38.6 Å². The Labute approximate surface area is 196 Å². The zero-order valence-corrected chi connectivity index (χ0v) is 19.7. The quantitative estimate of drug-likeness (QED) is 0.491. The van der Waals surface area contributed by atoms with Gasteiger partial charge in [0.2, 0.25) is 15.9 Å². The molecule has 0 unspecified atom stereocenters. The van der Waals surface area contributed by atoms with E-state index < -0.39 is 10.0 Å². The lowest BCUT2D eigenvalue weighted by Crippen LogP contribution is -2.50. The molecule has 0 bridgehead atoms. The predicted octanol–water partition coefficient (Wildman–Crippen LogP) is 2.36. The second-order valence-corrected chi connectivity index (χ2v) is 9.79. The summed E-state index contributed by atoms with van der Waals surface area (Å²) in [5.74, 6) is 1.21. The molecular formula is C21H23ClN4O6S. The van der Waals surface area contributed by atoms with Gasteiger partial charge in [0.1, 0.15) is 4.90 Å². The molecule has 1 aromatic heterocycles. The lowest BCUT2D eigenvalue weighted by molar-refractivity contribution is -0.132. The monoisotopic (exact) mass is 494 g/mol. The molecule has 4 rings (SSSR count). The number of hydrogen-bond acceptors (Lipinski definition) is 8. The molecule has 1 saturated heterocycles. The molecule has 1 fully saturated rings. The fraction of sp³-hybridized carbons (Fsp3) is 0.381. The standard InChI is InChI=1S/C21H23ClN4O6S/c1-30-16-6-3-14(13-17(16)31-2)4-8-19(27)25-9-11-26(12-10-25)33(28,29)18-7-5-15(22)20-21(18)24-32-23-20/h3,5-7,13H,4,8-12H2,1-2H3. The number of aryl methyl sites for hydroxylation is 1. The summed E-state index contributed by atoms with van der Waals surface area (Å²) >= 11 is 6.04. The second-order valence-electron chi connectivity index (χ2n) is 7.48. The number of halogens is 1. The summed E-state index contributed by atoms with van der Waals surface area (Å²) < 4.78 is 42.9. The van der Waals surface area contributed by atoms with E-state index in [-0.39, 0.29) is 39.9 Å². The number of piperazine rings is 1. The number of fused-ring (bicyclic) bond motifs is 1. The minimum Gasteiger partial charge on any atom is -0.493 e. The fourth-order valence-corrected chi connectivity index (χ4v) is 5.51. The van der Waals surface area contributed by atoms with E-state index in [4.69, 9.17) is 21.1 Å². The first-order valence-electron chi connectivity index (χ1n) is 10.2. The van der Waals surface area contributed by atoms with Crippen molar-refractivity contribution in [1.82, 2.24) is 19.5 Å². The highest BCUT2D eigenvalue weighted by Gasteiger charge is 2.32. The van der Waals surface area contributed by atoms with Gasteiger partial charge in [-0.3, -0.25) is 4.79 Å². The maximum Gasteiger partial charge on any atom is 0.245 e. The third-order valence-corrected chi connectivity index (χ3v) is 7.85. The Kier molecular flexibility index (Phi) is 6.73. The van der Waals surface area contributed by atoms with E-state index >= 15 is 0 Å². The highest BCUT2D eigenvalue weighted by Crippen LogP contribution is 2.30. The first-order chi connectivity index (χ1) is 15.8. The summed E-state index contributed by atoms with van der Waals surface area (Å²) in [5, 5.41) is 7.63. The van der Waals surface area contributed by atoms with E-state index in [9.17, 15) is 13.2 Å². The van der Waals surface area contributed by atoms with Crippen molar-refractivity contribution in [3.63, 3.8) is 0 Å². The van der Waals surface area contributed by atoms with Crippen LogP contribution in [0.15, 0.2) is 39.9 Å². The van der Waals surface area contributed by atoms with Crippen LogP contribution in [0.4, 0.5) is 0 Å². The number of sulfonamides is 1. The molecule has 33 heavy (non-hydrogen) atoms. The number of rotatable bonds is 7. The average molecular weight is 495 g/mol. The minimum absolute atomic E-state index is 0.0172. The van der Waals surface area contributed by atoms with E-state index in [2.05, 4.69) is 14.9 Å². The predicted molar refractivity (Wildman–Crippen MR) is 120 cm³/mol. The number of carbonyl (C=O) groups excluding carboxylic acids is 1. The van der Waals surface area contributed by atoms with Gasteiger partial charge in [-0.2, -0.15) is 4.31 Å². The Balaban J connectivity index is 1.38. The van der Waals surface area contributed by atoms with E-state index in [1.54, 1.807) is 25.2 Å². The van der Waals surface area contributed by atoms with Gasteiger partial charge >= 0.3 is 0 Å². The molecule has 0 N–H and O–H groups in total. The van der Waals surface area contributed by atoms with Crippen LogP contribution in [0.1, 0.15) is 12.0 Å². The van der Waals surface area contributed by atoms with Crippen LogP contribution >= 0.6 is 11.6 Å². The Hall–Kier alpha value is -2.89. The molecule has 1 amide bonds. The number of amides is 1. The van der Waals surface area contributed by atoms with Crippen LogP contribution in [0.2, 0.25) is 5.02 Å². The Morgan fingerprint density at radius 3 is 2.42 bits per heavy atom. The van der Waals surface area contributed by atoms with Crippen LogP contribution in [-0.2, 0) is 21.2 Å². The topological polar surface area (TPSA) is 115 Å². The van der Waals surface area contributed by atoms with E-state index in [0.717, 1.165) is 5.56 Å². The number of hydrogen-bond donors (Lipinski definition) is 0. The largest absolute Gasteiger partial charge is 0.493 e. The van der Waals surface area contributed by atoms with Crippen molar-refractivity contribution in [1.29, 1.82) is 0 Å². The van der Waals surface area contributed by atoms with Crippen LogP contribution in [-0.4, -0.2) is 74.2 Å². The third-order valence-electron chi connectivity index (χ3n) is 5.61. The van der Waals surface area contributed by atoms with Crippen LogP contribution in [0.5, 0.6) is 11.5 Å². The zero-order valence-electron chi connectivity index (χ0n) is 18.2. The van der Waals surface area contributed by atoms with Crippen LogP contribution in [0, 0.1) is 0 Å². The van der Waals surface area contributed by atoms with Gasteiger partial charge < -0.3 is 14.4 Å². The molecule has 2 aromatic carbocycles. The van der Waals surface area contributed by atoms with E-state index in [0.29, 0.717) is 37.4 Å². The van der Waals surface area contributed by atoms with Crippen molar-refractivity contribution in [2.75, 3.05) is 40.4 Å². The molecule has 3 aromatic rings. The fourth-order valence-electron chi connectivity index (χ4n) is 3.78. The van der Waals surface area contributed by atoms with Crippen molar-refractivity contribution in [2.24, 2.45) is 0 Å². The van der Waals surface area contributed by atoms with Crippen molar-refractivity contribution < 1.29 is 27.3 Å². The number of nitrogens with zero attached hydrogens (tertiary/aromatic N) is 4. The van der Waals surface area contributed by atoms with Crippen LogP contribution < -0.4 is 9.47 Å². The molecule has 1 aliphatic rings. The number of ether oxygens (including phenoxy) is 2. The molecular weight excluding hydrogens is 472 g/mol. The molecule has 10 nitrogen and oxygen atoms in total. The lowest BCUT2D eigenvalue weighted by Gasteiger charge is -2.34. The molecule has 1 aliphatic heterocycles. The molecule has 0 aliphatic carbocycles. The van der Waals surface area contributed by atoms with E-state index in [1.807, 2.05) is 12.1 Å². The molecule has 0 radical (unpaired) electrons. The lowest BCUT2D eigenvalue weighted by atomic mass is 10.1. The maximum atomic E-state index is 13.2. The molecule has 12 heteroatoms. The zero-order chi connectivity index (χ0) is 23.6. The van der Waals surface area contributed by atoms with Gasteiger partial charge in [-0.05, 0) is 46.6 Å². The van der Waals surface area contributed by atoms with Crippen LogP contribution in [0.3, 0.4) is 0 Å². The van der Waals surface area contributed by atoms with E-state index in [1.165, 1.54) is 16.4 Å². The molecule has 0 saturated carbocycles. The molecule has 176 valence electrons. The smallest absolute Gasteiger partial charge is 0.245 e. The van der Waals surface area contributed by atoms with Gasteiger partial charge in [0.05, 0.1) is 19.2 Å². The molecule has 2 heterocycles. The summed E-state index contributed by atoms with van der Waals surface area (Å²) in [7, 11) is -0.713. The maximum absolute atomic E-state index is 13.2. The van der Waals surface area contributed by atoms with Gasteiger partial charge in [0.25, 0.3) is 0 Å². The van der Waals surface area contributed by atoms with Crippen LogP contribution in [0.25, 0.3) is 11.0 Å². The van der Waals surface area contributed by atoms with Gasteiger partial charge in [0.15, 0.2) is 22.5 Å². The van der Waals surface area contributed by atoms with Crippen molar-refractivity contribution in [3.05, 3.63) is 40.9 Å². The number of methoxy groups -OCH3 is 2. The number of benzene rings is 2. The Morgan fingerprint density at radius 1 is 1.03 bits per heavy atom. The first-order valence-corrected chi connectivity index (χ1v) is 12.1. The summed E-state index contributed by atoms with van der Waals surface area (Å²) in [5.41, 5.74) is 1.24. The Bertz CT molecular complexity index is 1270. The van der Waals surface area contributed by atoms with Gasteiger partial charge in [-0.25, -0.2) is 13.0 Å². The SMILES string of the molecule is COc1ccc(CCC(=O)N2CCN(S(=O)(=O)c3ccc(Cl)c4nonc34)CC2)cc1OC. The molecule has 0 spiro atoms. The number of carbonyl (C=O) groups is 1. The summed E-state index contributed by atoms with van der Waals surface area (Å²) in [6, 6.07) is 8.40. The highest BCUT2D eigenvalue weighted by molar-refractivity contribution is 7.89. The van der Waals surface area contributed by atoms with Crippen molar-refractivity contribution in [3.8, 4) is 11.5 Å². The van der Waals surface area contributed by atoms with Crippen molar-refractivity contribution in [2.45, 2.75) is 17.7 Å². The van der Waals surface area contributed by atoms with Gasteiger partial charge in [0, 0.05) is 32.6 Å². The molecule has 0 atom stereocenters. The third kappa shape index (κ3) is 4.61. The summed E-state index contributed by atoms with van der Waals surface area (Å²) in [6.07, 6.45) is 0.851.